The number of carbonyl (C=O) groups excluding carboxylic acids is 2. The number of benzene rings is 2. The second kappa shape index (κ2) is 12.3. The molecule has 2 rings (SSSR count). The van der Waals surface area contributed by atoms with Crippen LogP contribution in [-0.4, -0.2) is 37.3 Å². The van der Waals surface area contributed by atoms with Gasteiger partial charge in [-0.05, 0) is 68.7 Å². The van der Waals surface area contributed by atoms with Crippen LogP contribution < -0.4 is 10.6 Å². The minimum atomic E-state index is -0.150. The minimum Gasteiger partial charge on any atom is -0.382 e. The van der Waals surface area contributed by atoms with Gasteiger partial charge in [0.2, 0.25) is 5.91 Å². The fraction of sp³-hybridized carbons (Fsp3) is 0.391. The van der Waals surface area contributed by atoms with E-state index in [4.69, 9.17) is 4.74 Å². The Hall–Kier alpha value is -2.31. The number of nitrogens with one attached hydrogen (secondary N) is 2. The summed E-state index contributed by atoms with van der Waals surface area (Å²) < 4.78 is 5.25. The molecule has 0 aliphatic heterocycles. The highest BCUT2D eigenvalue weighted by Crippen LogP contribution is 2.22. The molecule has 0 aliphatic carbocycles. The Morgan fingerprint density at radius 1 is 1.07 bits per heavy atom. The lowest BCUT2D eigenvalue weighted by molar-refractivity contribution is -0.115. The van der Waals surface area contributed by atoms with Gasteiger partial charge < -0.3 is 15.4 Å². The van der Waals surface area contributed by atoms with Crippen molar-refractivity contribution in [3.05, 3.63) is 59.2 Å². The van der Waals surface area contributed by atoms with Crippen molar-refractivity contribution in [1.29, 1.82) is 0 Å². The van der Waals surface area contributed by atoms with Gasteiger partial charge in [0.25, 0.3) is 5.91 Å². The summed E-state index contributed by atoms with van der Waals surface area (Å²) in [5, 5.41) is 5.74. The van der Waals surface area contributed by atoms with E-state index >= 15 is 0 Å². The summed E-state index contributed by atoms with van der Waals surface area (Å²) in [4.78, 5) is 25.6. The van der Waals surface area contributed by atoms with Crippen LogP contribution in [0.2, 0.25) is 0 Å². The van der Waals surface area contributed by atoms with Gasteiger partial charge in [0.1, 0.15) is 0 Å². The first-order valence-electron chi connectivity index (χ1n) is 9.95. The Labute approximate surface area is 177 Å². The number of carbonyl (C=O) groups is 2. The van der Waals surface area contributed by atoms with Gasteiger partial charge in [-0.25, -0.2) is 0 Å². The zero-order valence-electron chi connectivity index (χ0n) is 17.4. The fourth-order valence-corrected chi connectivity index (χ4v) is 3.60. The molecule has 0 aliphatic rings. The standard InChI is InChI=1S/C23H30N2O3S/c1-4-28-13-6-12-24-23(27)19-7-5-8-20(16-19)25-22(26)11-14-29-21-10-9-17(2)18(3)15-21/h5,7-10,15-16H,4,6,11-14H2,1-3H3,(H,24,27)(H,25,26). The summed E-state index contributed by atoms with van der Waals surface area (Å²) in [6.07, 6.45) is 1.18. The lowest BCUT2D eigenvalue weighted by atomic mass is 10.1. The predicted molar refractivity (Wildman–Crippen MR) is 120 cm³/mol. The highest BCUT2D eigenvalue weighted by atomic mass is 32.2. The molecule has 0 radical (unpaired) electrons. The van der Waals surface area contributed by atoms with E-state index in [-0.39, 0.29) is 11.8 Å². The third-order valence-corrected chi connectivity index (χ3v) is 5.44. The summed E-state index contributed by atoms with van der Waals surface area (Å²) in [6.45, 7) is 8.00. The predicted octanol–water partition coefficient (Wildman–Crippen LogP) is 4.58. The quantitative estimate of drug-likeness (QED) is 0.417. The van der Waals surface area contributed by atoms with Crippen molar-refractivity contribution in [3.8, 4) is 0 Å². The number of hydrogen-bond donors (Lipinski definition) is 2. The molecular weight excluding hydrogens is 384 g/mol. The monoisotopic (exact) mass is 414 g/mol. The lowest BCUT2D eigenvalue weighted by Crippen LogP contribution is -2.25. The molecule has 0 fully saturated rings. The number of ether oxygens (including phenoxy) is 1. The average molecular weight is 415 g/mol. The number of amides is 2. The van der Waals surface area contributed by atoms with Crippen molar-refractivity contribution in [1.82, 2.24) is 5.32 Å². The van der Waals surface area contributed by atoms with Crippen molar-refractivity contribution < 1.29 is 14.3 Å². The van der Waals surface area contributed by atoms with Crippen molar-refractivity contribution in [3.63, 3.8) is 0 Å². The van der Waals surface area contributed by atoms with Crippen LogP contribution in [0, 0.1) is 13.8 Å². The Morgan fingerprint density at radius 2 is 1.90 bits per heavy atom. The van der Waals surface area contributed by atoms with Crippen molar-refractivity contribution in [2.24, 2.45) is 0 Å². The van der Waals surface area contributed by atoms with Crippen LogP contribution in [0.3, 0.4) is 0 Å². The molecule has 156 valence electrons. The van der Waals surface area contributed by atoms with Crippen LogP contribution in [0.15, 0.2) is 47.4 Å². The topological polar surface area (TPSA) is 67.4 Å². The van der Waals surface area contributed by atoms with E-state index in [1.54, 1.807) is 36.0 Å². The van der Waals surface area contributed by atoms with Gasteiger partial charge >= 0.3 is 0 Å². The molecule has 2 aromatic rings. The maximum atomic E-state index is 12.2. The molecule has 0 heterocycles. The Kier molecular flexibility index (Phi) is 9.74. The molecule has 6 heteroatoms. The minimum absolute atomic E-state index is 0.0596. The van der Waals surface area contributed by atoms with E-state index in [2.05, 4.69) is 42.7 Å². The van der Waals surface area contributed by atoms with Crippen molar-refractivity contribution in [2.75, 3.05) is 30.8 Å². The molecule has 0 atom stereocenters. The number of rotatable bonds is 11. The molecule has 0 saturated carbocycles. The van der Waals surface area contributed by atoms with E-state index in [0.29, 0.717) is 43.2 Å². The molecule has 2 aromatic carbocycles. The first kappa shape index (κ1) is 23.0. The molecule has 0 unspecified atom stereocenters. The van der Waals surface area contributed by atoms with Gasteiger partial charge in [-0.3, -0.25) is 9.59 Å². The number of hydrogen-bond acceptors (Lipinski definition) is 4. The van der Waals surface area contributed by atoms with Crippen molar-refractivity contribution >= 4 is 29.3 Å². The number of aryl methyl sites for hydroxylation is 2. The van der Waals surface area contributed by atoms with Crippen LogP contribution in [0.4, 0.5) is 5.69 Å². The van der Waals surface area contributed by atoms with Crippen molar-refractivity contribution in [2.45, 2.75) is 38.5 Å². The van der Waals surface area contributed by atoms with Gasteiger partial charge in [-0.15, -0.1) is 11.8 Å². The SMILES string of the molecule is CCOCCCNC(=O)c1cccc(NC(=O)CCSc2ccc(C)c(C)c2)c1. The highest BCUT2D eigenvalue weighted by Gasteiger charge is 2.08. The van der Waals surface area contributed by atoms with E-state index in [0.717, 1.165) is 6.42 Å². The summed E-state index contributed by atoms with van der Waals surface area (Å²) in [5.74, 6) is 0.493. The molecule has 0 aromatic heterocycles. The van der Waals surface area contributed by atoms with Gasteiger partial charge in [-0.2, -0.15) is 0 Å². The van der Waals surface area contributed by atoms with E-state index in [9.17, 15) is 9.59 Å². The molecule has 5 nitrogen and oxygen atoms in total. The zero-order valence-corrected chi connectivity index (χ0v) is 18.2. The van der Waals surface area contributed by atoms with Crippen LogP contribution in [0.5, 0.6) is 0 Å². The van der Waals surface area contributed by atoms with Crippen LogP contribution in [-0.2, 0) is 9.53 Å². The van der Waals surface area contributed by atoms with Gasteiger partial charge in [0.05, 0.1) is 0 Å². The number of anilines is 1. The average Bonchev–Trinajstić information content (AvgIpc) is 2.70. The second-order valence-corrected chi connectivity index (χ2v) is 7.95. The molecule has 29 heavy (non-hydrogen) atoms. The van der Waals surface area contributed by atoms with E-state index in [1.807, 2.05) is 6.92 Å². The van der Waals surface area contributed by atoms with E-state index < -0.39 is 0 Å². The summed E-state index contributed by atoms with van der Waals surface area (Å²) in [7, 11) is 0. The third kappa shape index (κ3) is 8.30. The van der Waals surface area contributed by atoms with Crippen LogP contribution >= 0.6 is 11.8 Å². The lowest BCUT2D eigenvalue weighted by Gasteiger charge is -2.09. The summed E-state index contributed by atoms with van der Waals surface area (Å²) in [6, 6.07) is 13.3. The maximum Gasteiger partial charge on any atom is 0.251 e. The van der Waals surface area contributed by atoms with Crippen LogP contribution in [0.1, 0.15) is 41.3 Å². The summed E-state index contributed by atoms with van der Waals surface area (Å²) >= 11 is 1.67. The first-order valence-corrected chi connectivity index (χ1v) is 10.9. The Bertz CT molecular complexity index is 824. The molecule has 2 amide bonds. The molecular formula is C23H30N2O3S. The smallest absolute Gasteiger partial charge is 0.251 e. The normalized spacial score (nSPS) is 10.6. The highest BCUT2D eigenvalue weighted by molar-refractivity contribution is 7.99. The second-order valence-electron chi connectivity index (χ2n) is 6.78. The molecule has 0 bridgehead atoms. The van der Waals surface area contributed by atoms with E-state index in [1.165, 1.54) is 16.0 Å². The fourth-order valence-electron chi connectivity index (χ4n) is 2.65. The summed E-state index contributed by atoms with van der Waals surface area (Å²) in [5.41, 5.74) is 3.69. The number of thioether (sulfide) groups is 1. The zero-order chi connectivity index (χ0) is 21.1. The molecule has 0 spiro atoms. The largest absolute Gasteiger partial charge is 0.382 e. The Balaban J connectivity index is 1.77. The first-order chi connectivity index (χ1) is 14.0. The van der Waals surface area contributed by atoms with Gasteiger partial charge in [0.15, 0.2) is 0 Å². The molecule has 2 N–H and O–H groups in total. The maximum absolute atomic E-state index is 12.2. The van der Waals surface area contributed by atoms with Crippen LogP contribution in [0.25, 0.3) is 0 Å². The Morgan fingerprint density at radius 3 is 2.66 bits per heavy atom. The third-order valence-electron chi connectivity index (χ3n) is 4.44. The van der Waals surface area contributed by atoms with Gasteiger partial charge in [0, 0.05) is 48.1 Å². The molecule has 0 saturated heterocycles. The van der Waals surface area contributed by atoms with Gasteiger partial charge in [-0.1, -0.05) is 12.1 Å².